The largest absolute Gasteiger partial charge is 0.354 e. The fourth-order valence-corrected chi connectivity index (χ4v) is 1.25. The highest BCUT2D eigenvalue weighted by Gasteiger charge is 2.22. The molecule has 12 heavy (non-hydrogen) atoms. The highest BCUT2D eigenvalue weighted by molar-refractivity contribution is 5.78. The van der Waals surface area contributed by atoms with Crippen LogP contribution in [0.2, 0.25) is 0 Å². The summed E-state index contributed by atoms with van der Waals surface area (Å²) in [6, 6.07) is 2.16. The van der Waals surface area contributed by atoms with E-state index in [9.17, 15) is 4.79 Å². The molecule has 1 heterocycles. The monoisotopic (exact) mass is 167 g/mol. The normalized spacial score (nSPS) is 24.7. The molecule has 1 aliphatic heterocycles. The Labute approximate surface area is 71.9 Å². The lowest BCUT2D eigenvalue weighted by Crippen LogP contribution is -2.38. The summed E-state index contributed by atoms with van der Waals surface area (Å²) in [4.78, 5) is 10.8. The summed E-state index contributed by atoms with van der Waals surface area (Å²) in [5, 5.41) is 14.4. The Balaban J connectivity index is 2.32. The molecule has 2 unspecified atom stereocenters. The van der Waals surface area contributed by atoms with Gasteiger partial charge in [-0.15, -0.1) is 0 Å². The molecule has 4 heteroatoms. The molecule has 4 nitrogen and oxygen atoms in total. The Hall–Kier alpha value is -1.08. The predicted molar refractivity (Wildman–Crippen MR) is 44.2 cm³/mol. The molecule has 0 aromatic carbocycles. The molecule has 1 fully saturated rings. The first-order valence-electron chi connectivity index (χ1n) is 4.18. The van der Waals surface area contributed by atoms with E-state index in [4.69, 9.17) is 5.26 Å². The fourth-order valence-electron chi connectivity index (χ4n) is 1.25. The second kappa shape index (κ2) is 4.07. The van der Waals surface area contributed by atoms with Gasteiger partial charge in [-0.25, -0.2) is 0 Å². The van der Waals surface area contributed by atoms with Crippen LogP contribution in [-0.2, 0) is 4.79 Å². The topological polar surface area (TPSA) is 64.9 Å². The summed E-state index contributed by atoms with van der Waals surface area (Å²) in [5.41, 5.74) is 0. The molecular weight excluding hydrogens is 154 g/mol. The van der Waals surface area contributed by atoms with Crippen LogP contribution in [0.25, 0.3) is 0 Å². The molecule has 1 aliphatic rings. The number of nitrogens with zero attached hydrogens (tertiary/aromatic N) is 1. The minimum absolute atomic E-state index is 0.0697. The molecule has 0 saturated carbocycles. The standard InChI is InChI=1S/C8H13N3O/c1-2-6(4-9)11-7-3-8(12)10-5-7/h6-7,11H,2-3,5H2,1H3,(H,10,12). The van der Waals surface area contributed by atoms with Crippen molar-refractivity contribution in [3.8, 4) is 6.07 Å². The van der Waals surface area contributed by atoms with Gasteiger partial charge in [0.2, 0.25) is 5.91 Å². The van der Waals surface area contributed by atoms with Gasteiger partial charge in [-0.3, -0.25) is 10.1 Å². The molecule has 0 aromatic rings. The van der Waals surface area contributed by atoms with Crippen molar-refractivity contribution in [1.29, 1.82) is 5.26 Å². The van der Waals surface area contributed by atoms with Gasteiger partial charge < -0.3 is 5.32 Å². The third-order valence-corrected chi connectivity index (χ3v) is 1.98. The van der Waals surface area contributed by atoms with Crippen molar-refractivity contribution in [3.05, 3.63) is 0 Å². The maximum atomic E-state index is 10.8. The van der Waals surface area contributed by atoms with Gasteiger partial charge >= 0.3 is 0 Å². The number of hydrogen-bond acceptors (Lipinski definition) is 3. The number of amides is 1. The highest BCUT2D eigenvalue weighted by atomic mass is 16.1. The summed E-state index contributed by atoms with van der Waals surface area (Å²) in [6.45, 7) is 2.60. The number of nitriles is 1. The first kappa shape index (κ1) is 9.01. The highest BCUT2D eigenvalue weighted by Crippen LogP contribution is 2.01. The van der Waals surface area contributed by atoms with Crippen LogP contribution in [-0.4, -0.2) is 24.5 Å². The quantitative estimate of drug-likeness (QED) is 0.610. The van der Waals surface area contributed by atoms with Gasteiger partial charge in [0.05, 0.1) is 12.1 Å². The van der Waals surface area contributed by atoms with E-state index >= 15 is 0 Å². The van der Waals surface area contributed by atoms with Gasteiger partial charge in [-0.1, -0.05) is 6.92 Å². The maximum Gasteiger partial charge on any atom is 0.221 e. The lowest BCUT2D eigenvalue weighted by molar-refractivity contribution is -0.119. The van der Waals surface area contributed by atoms with Gasteiger partial charge in [0, 0.05) is 19.0 Å². The Kier molecular flexibility index (Phi) is 3.06. The zero-order chi connectivity index (χ0) is 8.97. The van der Waals surface area contributed by atoms with Crippen LogP contribution < -0.4 is 10.6 Å². The molecule has 0 radical (unpaired) electrons. The van der Waals surface area contributed by atoms with E-state index in [-0.39, 0.29) is 18.0 Å². The summed E-state index contributed by atoms with van der Waals surface area (Å²) in [5.74, 6) is 0.0697. The van der Waals surface area contributed by atoms with E-state index in [0.717, 1.165) is 6.42 Å². The van der Waals surface area contributed by atoms with Crippen molar-refractivity contribution < 1.29 is 4.79 Å². The number of hydrogen-bond donors (Lipinski definition) is 2. The summed E-state index contributed by atoms with van der Waals surface area (Å²) >= 11 is 0. The van der Waals surface area contributed by atoms with Crippen molar-refractivity contribution in [2.75, 3.05) is 6.54 Å². The summed E-state index contributed by atoms with van der Waals surface area (Å²) < 4.78 is 0. The Bertz CT molecular complexity index is 209. The van der Waals surface area contributed by atoms with E-state index in [0.29, 0.717) is 13.0 Å². The molecule has 66 valence electrons. The number of carbonyl (C=O) groups excluding carboxylic acids is 1. The molecule has 2 atom stereocenters. The second-order valence-corrected chi connectivity index (χ2v) is 2.96. The number of rotatable bonds is 3. The summed E-state index contributed by atoms with van der Waals surface area (Å²) in [6.07, 6.45) is 1.28. The van der Waals surface area contributed by atoms with Crippen LogP contribution in [0.15, 0.2) is 0 Å². The van der Waals surface area contributed by atoms with Crippen molar-refractivity contribution >= 4 is 5.91 Å². The fraction of sp³-hybridized carbons (Fsp3) is 0.750. The molecule has 0 aliphatic carbocycles. The SMILES string of the molecule is CCC(C#N)NC1CNC(=O)C1. The second-order valence-electron chi connectivity index (χ2n) is 2.96. The predicted octanol–water partition coefficient (Wildman–Crippen LogP) is -0.233. The van der Waals surface area contributed by atoms with Crippen LogP contribution in [0.4, 0.5) is 0 Å². The van der Waals surface area contributed by atoms with Gasteiger partial charge in [0.1, 0.15) is 0 Å². The number of carbonyl (C=O) groups is 1. The number of nitrogens with one attached hydrogen (secondary N) is 2. The van der Waals surface area contributed by atoms with Gasteiger partial charge in [-0.2, -0.15) is 5.26 Å². The van der Waals surface area contributed by atoms with Crippen LogP contribution in [0.5, 0.6) is 0 Å². The first-order valence-corrected chi connectivity index (χ1v) is 4.18. The third-order valence-electron chi connectivity index (χ3n) is 1.98. The molecular formula is C8H13N3O. The molecule has 1 rings (SSSR count). The smallest absolute Gasteiger partial charge is 0.221 e. The van der Waals surface area contributed by atoms with E-state index < -0.39 is 0 Å². The zero-order valence-electron chi connectivity index (χ0n) is 7.13. The van der Waals surface area contributed by atoms with Crippen molar-refractivity contribution in [3.63, 3.8) is 0 Å². The van der Waals surface area contributed by atoms with Crippen molar-refractivity contribution in [2.24, 2.45) is 0 Å². The Morgan fingerprint density at radius 1 is 1.92 bits per heavy atom. The van der Waals surface area contributed by atoms with E-state index in [1.54, 1.807) is 0 Å². The van der Waals surface area contributed by atoms with E-state index in [1.165, 1.54) is 0 Å². The molecule has 2 N–H and O–H groups in total. The molecule has 0 bridgehead atoms. The van der Waals surface area contributed by atoms with Gasteiger partial charge in [0.15, 0.2) is 0 Å². The van der Waals surface area contributed by atoms with E-state index in [2.05, 4.69) is 16.7 Å². The van der Waals surface area contributed by atoms with Crippen LogP contribution in [0, 0.1) is 11.3 Å². The van der Waals surface area contributed by atoms with Gasteiger partial charge in [0.25, 0.3) is 0 Å². The maximum absolute atomic E-state index is 10.8. The molecule has 1 saturated heterocycles. The minimum Gasteiger partial charge on any atom is -0.354 e. The van der Waals surface area contributed by atoms with E-state index in [1.807, 2.05) is 6.92 Å². The molecule has 0 aromatic heterocycles. The van der Waals surface area contributed by atoms with Crippen molar-refractivity contribution in [1.82, 2.24) is 10.6 Å². The van der Waals surface area contributed by atoms with Crippen LogP contribution in [0.3, 0.4) is 0 Å². The third kappa shape index (κ3) is 2.21. The van der Waals surface area contributed by atoms with Gasteiger partial charge in [-0.05, 0) is 6.42 Å². The van der Waals surface area contributed by atoms with Crippen LogP contribution >= 0.6 is 0 Å². The summed E-state index contributed by atoms with van der Waals surface area (Å²) in [7, 11) is 0. The lowest BCUT2D eigenvalue weighted by atomic mass is 10.2. The molecule has 0 spiro atoms. The lowest BCUT2D eigenvalue weighted by Gasteiger charge is -2.13. The zero-order valence-corrected chi connectivity index (χ0v) is 7.13. The molecule has 1 amide bonds. The Morgan fingerprint density at radius 3 is 3.08 bits per heavy atom. The first-order chi connectivity index (χ1) is 5.76. The van der Waals surface area contributed by atoms with Crippen LogP contribution in [0.1, 0.15) is 19.8 Å². The average molecular weight is 167 g/mol. The Morgan fingerprint density at radius 2 is 2.67 bits per heavy atom. The minimum atomic E-state index is -0.123. The average Bonchev–Trinajstić information content (AvgIpc) is 2.47. The van der Waals surface area contributed by atoms with Crippen molar-refractivity contribution in [2.45, 2.75) is 31.8 Å².